The first kappa shape index (κ1) is 13.8. The van der Waals surface area contributed by atoms with Gasteiger partial charge >= 0.3 is 0 Å². The lowest BCUT2D eigenvalue weighted by Crippen LogP contribution is -2.30. The molecule has 6 heteroatoms. The summed E-state index contributed by atoms with van der Waals surface area (Å²) < 4.78 is 0. The molecule has 1 amide bonds. The maximum absolute atomic E-state index is 12.4. The predicted octanol–water partition coefficient (Wildman–Crippen LogP) is 1.11. The Morgan fingerprint density at radius 3 is 2.81 bits per heavy atom. The summed E-state index contributed by atoms with van der Waals surface area (Å²) >= 11 is 0. The van der Waals surface area contributed by atoms with E-state index in [2.05, 4.69) is 10.2 Å². The minimum absolute atomic E-state index is 0.125. The zero-order chi connectivity index (χ0) is 14.8. The average Bonchev–Trinajstić information content (AvgIpc) is 3.17. The van der Waals surface area contributed by atoms with E-state index in [0.29, 0.717) is 18.8 Å². The average molecular weight is 286 g/mol. The van der Waals surface area contributed by atoms with Crippen LogP contribution in [0.25, 0.3) is 5.69 Å². The molecule has 2 unspecified atom stereocenters. The van der Waals surface area contributed by atoms with Gasteiger partial charge in [0.15, 0.2) is 5.69 Å². The van der Waals surface area contributed by atoms with Crippen LogP contribution >= 0.6 is 0 Å². The Balaban J connectivity index is 1.73. The van der Waals surface area contributed by atoms with Crippen molar-refractivity contribution in [3.8, 4) is 5.69 Å². The Hall–Kier alpha value is -2.21. The van der Waals surface area contributed by atoms with Gasteiger partial charge in [0.1, 0.15) is 0 Å². The smallest absolute Gasteiger partial charge is 0.276 e. The lowest BCUT2D eigenvalue weighted by molar-refractivity contribution is 0.0756. The Labute approximate surface area is 123 Å². The third kappa shape index (κ3) is 2.80. The molecule has 1 saturated heterocycles. The Kier molecular flexibility index (Phi) is 3.70. The SMILES string of the molecule is CC(O)C1CCN(C(=O)c2cnn(-c3ccccc3)n2)C1. The topological polar surface area (TPSA) is 71.2 Å². The molecule has 1 aliphatic heterocycles. The monoisotopic (exact) mass is 286 g/mol. The molecule has 6 nitrogen and oxygen atoms in total. The zero-order valence-electron chi connectivity index (χ0n) is 11.9. The van der Waals surface area contributed by atoms with Crippen molar-refractivity contribution < 1.29 is 9.90 Å². The number of aliphatic hydroxyl groups is 1. The van der Waals surface area contributed by atoms with E-state index in [0.717, 1.165) is 12.1 Å². The summed E-state index contributed by atoms with van der Waals surface area (Å²) in [6, 6.07) is 9.47. The van der Waals surface area contributed by atoms with Gasteiger partial charge in [-0.1, -0.05) is 18.2 Å². The maximum atomic E-state index is 12.4. The summed E-state index contributed by atoms with van der Waals surface area (Å²) in [5.41, 5.74) is 1.16. The molecule has 1 N–H and O–H groups in total. The number of aliphatic hydroxyl groups excluding tert-OH is 1. The molecule has 2 aromatic rings. The van der Waals surface area contributed by atoms with Crippen LogP contribution in [0.4, 0.5) is 0 Å². The van der Waals surface area contributed by atoms with Crippen LogP contribution in [0.5, 0.6) is 0 Å². The molecule has 1 fully saturated rings. The molecule has 2 heterocycles. The van der Waals surface area contributed by atoms with Crippen LogP contribution in [0, 0.1) is 5.92 Å². The summed E-state index contributed by atoms with van der Waals surface area (Å²) in [4.78, 5) is 15.6. The van der Waals surface area contributed by atoms with Crippen LogP contribution in [-0.4, -0.2) is 50.1 Å². The molecule has 1 aliphatic rings. The van der Waals surface area contributed by atoms with Gasteiger partial charge in [0.25, 0.3) is 5.91 Å². The second kappa shape index (κ2) is 5.65. The van der Waals surface area contributed by atoms with E-state index in [-0.39, 0.29) is 17.9 Å². The fraction of sp³-hybridized carbons (Fsp3) is 0.400. The van der Waals surface area contributed by atoms with Crippen LogP contribution in [0.2, 0.25) is 0 Å². The van der Waals surface area contributed by atoms with Gasteiger partial charge in [-0.3, -0.25) is 4.79 Å². The van der Waals surface area contributed by atoms with Crippen molar-refractivity contribution in [3.05, 3.63) is 42.2 Å². The second-order valence-electron chi connectivity index (χ2n) is 5.40. The van der Waals surface area contributed by atoms with Crippen molar-refractivity contribution in [3.63, 3.8) is 0 Å². The van der Waals surface area contributed by atoms with Gasteiger partial charge < -0.3 is 10.0 Å². The number of benzene rings is 1. The van der Waals surface area contributed by atoms with E-state index < -0.39 is 0 Å². The number of carbonyl (C=O) groups excluding carboxylic acids is 1. The molecule has 2 atom stereocenters. The van der Waals surface area contributed by atoms with Crippen molar-refractivity contribution in [1.29, 1.82) is 0 Å². The number of aromatic nitrogens is 3. The summed E-state index contributed by atoms with van der Waals surface area (Å²) in [6.07, 6.45) is 1.93. The quantitative estimate of drug-likeness (QED) is 0.917. The third-order valence-corrected chi connectivity index (χ3v) is 3.89. The highest BCUT2D eigenvalue weighted by molar-refractivity contribution is 5.92. The third-order valence-electron chi connectivity index (χ3n) is 3.89. The molecule has 0 saturated carbocycles. The summed E-state index contributed by atoms with van der Waals surface area (Å²) in [6.45, 7) is 3.01. The molecule has 1 aromatic heterocycles. The van der Waals surface area contributed by atoms with Crippen LogP contribution in [0.3, 0.4) is 0 Å². The normalized spacial score (nSPS) is 19.7. The summed E-state index contributed by atoms with van der Waals surface area (Å²) in [7, 11) is 0. The molecule has 1 aromatic carbocycles. The van der Waals surface area contributed by atoms with Crippen molar-refractivity contribution in [1.82, 2.24) is 19.9 Å². The lowest BCUT2D eigenvalue weighted by Gasteiger charge is -2.16. The highest BCUT2D eigenvalue weighted by Gasteiger charge is 2.30. The first-order valence-electron chi connectivity index (χ1n) is 7.10. The van der Waals surface area contributed by atoms with Gasteiger partial charge in [-0.05, 0) is 25.5 Å². The molecule has 0 radical (unpaired) electrons. The van der Waals surface area contributed by atoms with E-state index >= 15 is 0 Å². The number of para-hydroxylation sites is 1. The lowest BCUT2D eigenvalue weighted by atomic mass is 10.0. The van der Waals surface area contributed by atoms with Gasteiger partial charge in [0.2, 0.25) is 0 Å². The van der Waals surface area contributed by atoms with E-state index in [1.807, 2.05) is 30.3 Å². The van der Waals surface area contributed by atoms with E-state index in [1.165, 1.54) is 11.0 Å². The van der Waals surface area contributed by atoms with E-state index in [4.69, 9.17) is 0 Å². The number of rotatable bonds is 3. The number of amides is 1. The molecule has 0 bridgehead atoms. The maximum Gasteiger partial charge on any atom is 0.276 e. The molecular formula is C15H18N4O2. The highest BCUT2D eigenvalue weighted by atomic mass is 16.3. The number of hydrogen-bond acceptors (Lipinski definition) is 4. The molecule has 0 spiro atoms. The molecule has 0 aliphatic carbocycles. The zero-order valence-corrected chi connectivity index (χ0v) is 11.9. The van der Waals surface area contributed by atoms with Crippen molar-refractivity contribution in [2.24, 2.45) is 5.92 Å². The second-order valence-corrected chi connectivity index (χ2v) is 5.40. The number of carbonyl (C=O) groups is 1. The fourth-order valence-corrected chi connectivity index (χ4v) is 2.57. The Morgan fingerprint density at radius 2 is 2.14 bits per heavy atom. The standard InChI is InChI=1S/C15H18N4O2/c1-11(20)12-7-8-18(10-12)15(21)14-9-16-19(17-14)13-5-3-2-4-6-13/h2-6,9,11-12,20H,7-8,10H2,1H3. The first-order valence-corrected chi connectivity index (χ1v) is 7.10. The van der Waals surface area contributed by atoms with Gasteiger partial charge in [-0.15, -0.1) is 5.10 Å². The minimum Gasteiger partial charge on any atom is -0.393 e. The summed E-state index contributed by atoms with van der Waals surface area (Å²) in [5.74, 6) is 0.0263. The molecule has 110 valence electrons. The van der Waals surface area contributed by atoms with Gasteiger partial charge in [-0.25, -0.2) is 0 Å². The number of hydrogen-bond donors (Lipinski definition) is 1. The van der Waals surface area contributed by atoms with E-state index in [9.17, 15) is 9.90 Å². The fourth-order valence-electron chi connectivity index (χ4n) is 2.57. The molecule has 21 heavy (non-hydrogen) atoms. The van der Waals surface area contributed by atoms with Crippen LogP contribution < -0.4 is 0 Å². The van der Waals surface area contributed by atoms with Gasteiger partial charge in [0, 0.05) is 19.0 Å². The first-order chi connectivity index (χ1) is 10.1. The van der Waals surface area contributed by atoms with Crippen molar-refractivity contribution in [2.75, 3.05) is 13.1 Å². The van der Waals surface area contributed by atoms with Crippen molar-refractivity contribution >= 4 is 5.91 Å². The molecule has 3 rings (SSSR count). The Bertz CT molecular complexity index is 624. The summed E-state index contributed by atoms with van der Waals surface area (Å²) in [5, 5.41) is 18.0. The Morgan fingerprint density at radius 1 is 1.38 bits per heavy atom. The van der Waals surface area contributed by atoms with Crippen LogP contribution in [0.15, 0.2) is 36.5 Å². The van der Waals surface area contributed by atoms with Crippen LogP contribution in [-0.2, 0) is 0 Å². The number of nitrogens with zero attached hydrogens (tertiary/aromatic N) is 4. The van der Waals surface area contributed by atoms with Crippen molar-refractivity contribution in [2.45, 2.75) is 19.4 Å². The van der Waals surface area contributed by atoms with Gasteiger partial charge in [0.05, 0.1) is 18.0 Å². The molecular weight excluding hydrogens is 268 g/mol. The number of likely N-dealkylation sites (tertiary alicyclic amines) is 1. The van der Waals surface area contributed by atoms with Gasteiger partial charge in [-0.2, -0.15) is 9.90 Å². The largest absolute Gasteiger partial charge is 0.393 e. The van der Waals surface area contributed by atoms with Crippen LogP contribution in [0.1, 0.15) is 23.8 Å². The van der Waals surface area contributed by atoms with E-state index in [1.54, 1.807) is 11.8 Å². The predicted molar refractivity (Wildman–Crippen MR) is 77.1 cm³/mol. The minimum atomic E-state index is -0.386. The highest BCUT2D eigenvalue weighted by Crippen LogP contribution is 2.21.